The van der Waals surface area contributed by atoms with E-state index in [1.165, 1.54) is 178 Å². The lowest BCUT2D eigenvalue weighted by Gasteiger charge is -2.23. The molecule has 0 aromatic heterocycles. The van der Waals surface area contributed by atoms with Crippen molar-refractivity contribution < 1.29 is 0 Å². The highest BCUT2D eigenvalue weighted by Gasteiger charge is 2.22. The molecule has 364 valence electrons. The first-order valence-electron chi connectivity index (χ1n) is 26.2. The molecule has 0 amide bonds. The second-order valence-electron chi connectivity index (χ2n) is 21.0. The van der Waals surface area contributed by atoms with Crippen molar-refractivity contribution in [3.8, 4) is 89.0 Å². The van der Waals surface area contributed by atoms with Crippen LogP contribution < -0.4 is 0 Å². The fourth-order valence-corrected chi connectivity index (χ4v) is 10.8. The van der Waals surface area contributed by atoms with Crippen LogP contribution in [0.5, 0.6) is 0 Å². The first-order chi connectivity index (χ1) is 34.3. The Labute approximate surface area is 433 Å². The van der Waals surface area contributed by atoms with Crippen molar-refractivity contribution in [1.29, 1.82) is 0 Å². The van der Waals surface area contributed by atoms with Gasteiger partial charge in [0.1, 0.15) is 0 Å². The Hall–Kier alpha value is -7.02. The summed E-state index contributed by atoms with van der Waals surface area (Å²) in [4.78, 5) is 0. The summed E-state index contributed by atoms with van der Waals surface area (Å²) in [5.74, 6) is 0. The number of hydrogen-bond acceptors (Lipinski definition) is 0. The molecule has 0 heterocycles. The minimum Gasteiger partial charge on any atom is -0.0683 e. The second kappa shape index (κ2) is 20.6. The van der Waals surface area contributed by atoms with Crippen molar-refractivity contribution in [2.75, 3.05) is 0 Å². The molecule has 0 atom stereocenters. The van der Waals surface area contributed by atoms with Gasteiger partial charge in [0, 0.05) is 0 Å². The fraction of sp³-hybridized carbons (Fsp3) is 0.250. The molecule has 0 fully saturated rings. The quantitative estimate of drug-likeness (QED) is 0.142. The largest absolute Gasteiger partial charge is 0.0683 e. The van der Waals surface area contributed by atoms with E-state index in [1.54, 1.807) is 0 Å². The van der Waals surface area contributed by atoms with Crippen LogP contribution in [-0.2, 0) is 0 Å². The maximum atomic E-state index is 2.49. The van der Waals surface area contributed by atoms with Crippen molar-refractivity contribution in [3.05, 3.63) is 222 Å². The molecule has 0 saturated heterocycles. The molecule has 0 N–H and O–H groups in total. The maximum absolute atomic E-state index is 2.49. The van der Waals surface area contributed by atoms with Crippen LogP contribution in [0.2, 0.25) is 0 Å². The number of hydrogen-bond donors (Lipinski definition) is 0. The Bertz CT molecular complexity index is 3370. The van der Waals surface area contributed by atoms with Crippen LogP contribution in [0.3, 0.4) is 0 Å². The lowest BCUT2D eigenvalue weighted by atomic mass is 9.81. The van der Waals surface area contributed by atoms with Gasteiger partial charge < -0.3 is 0 Å². The topological polar surface area (TPSA) is 0 Å². The Kier molecular flexibility index (Phi) is 14.7. The molecule has 72 heavy (non-hydrogen) atoms. The molecule has 0 bridgehead atoms. The molecule has 9 aromatic carbocycles. The summed E-state index contributed by atoms with van der Waals surface area (Å²) in [7, 11) is 0. The molecule has 9 aromatic rings. The van der Waals surface area contributed by atoms with Crippen molar-refractivity contribution in [3.63, 3.8) is 0 Å². The summed E-state index contributed by atoms with van der Waals surface area (Å²) in [5, 5.41) is 0. The van der Waals surface area contributed by atoms with Crippen molar-refractivity contribution >= 4 is 0 Å². The van der Waals surface area contributed by atoms with E-state index < -0.39 is 0 Å². The van der Waals surface area contributed by atoms with Gasteiger partial charge in [-0.25, -0.2) is 0 Å². The van der Waals surface area contributed by atoms with E-state index in [0.29, 0.717) is 0 Å². The van der Waals surface area contributed by atoms with E-state index in [2.05, 4.69) is 244 Å². The Balaban J connectivity index is 0.00000342. The molecule has 0 heteroatoms. The van der Waals surface area contributed by atoms with Crippen LogP contribution in [0, 0.1) is 111 Å². The lowest BCUT2D eigenvalue weighted by molar-refractivity contribution is 1.26. The first-order valence-corrected chi connectivity index (χ1v) is 26.2. The standard InChI is InChI=1S/C70H70.C2H6/c1-39-22-61(23-40(2)50(39)12)66-36-56(32-49(11)69(66)64-28-45(7)53(15)46(8)29-64)58-33-57(55-20-18-17-19-21-55)34-59(35-58)60-37-67(62-24-41(3)51(13)42(4)25-62)70(65-30-47(9)54(16)48(10)31-65)68(38-60)63-26-43(5)52(14)44(6)27-63;1-2/h17-38H,1-16H3;1-2H3. The zero-order chi connectivity index (χ0) is 52.0. The summed E-state index contributed by atoms with van der Waals surface area (Å²) in [6, 6.07) is 52.2. The molecule has 0 aliphatic carbocycles. The first kappa shape index (κ1) is 51.3. The van der Waals surface area contributed by atoms with E-state index in [0.717, 1.165) is 0 Å². The van der Waals surface area contributed by atoms with Gasteiger partial charge in [0.15, 0.2) is 0 Å². The lowest BCUT2D eigenvalue weighted by Crippen LogP contribution is -1.98. The SMILES string of the molecule is CC.Cc1cc(-c2cc(-c3cc(-c4ccccc4)cc(-c4cc(-c5cc(C)c(C)c(C)c5)c(-c5cc(C)c(C)c(C)c5)c(-c5cc(C)c(C)c(C)c5)c4)c3)cc(C)c2-c2cc(C)c(C)c(C)c2)cc(C)c1C. The van der Waals surface area contributed by atoms with E-state index in [-0.39, 0.29) is 0 Å². The highest BCUT2D eigenvalue weighted by Crippen LogP contribution is 2.47. The predicted molar refractivity (Wildman–Crippen MR) is 317 cm³/mol. The van der Waals surface area contributed by atoms with Gasteiger partial charge in [-0.2, -0.15) is 0 Å². The summed E-state index contributed by atoms with van der Waals surface area (Å²) in [6.07, 6.45) is 0. The Morgan fingerprint density at radius 2 is 0.403 bits per heavy atom. The second-order valence-corrected chi connectivity index (χ2v) is 21.0. The van der Waals surface area contributed by atoms with Crippen LogP contribution in [0.1, 0.15) is 103 Å². The average molecular weight is 941 g/mol. The van der Waals surface area contributed by atoms with E-state index in [1.807, 2.05) is 13.8 Å². The highest BCUT2D eigenvalue weighted by molar-refractivity contribution is 5.99. The van der Waals surface area contributed by atoms with Crippen LogP contribution >= 0.6 is 0 Å². The molecule has 0 radical (unpaired) electrons. The van der Waals surface area contributed by atoms with E-state index in [9.17, 15) is 0 Å². The molecule has 0 aliphatic rings. The van der Waals surface area contributed by atoms with Crippen LogP contribution in [-0.4, -0.2) is 0 Å². The van der Waals surface area contributed by atoms with E-state index >= 15 is 0 Å². The van der Waals surface area contributed by atoms with Gasteiger partial charge in [0.2, 0.25) is 0 Å². The predicted octanol–water partition coefficient (Wildman–Crippen LogP) is 21.0. The van der Waals surface area contributed by atoms with Crippen molar-refractivity contribution in [2.45, 2.75) is 125 Å². The molecular formula is C72H76. The molecule has 9 rings (SSSR count). The zero-order valence-corrected chi connectivity index (χ0v) is 46.7. The summed E-state index contributed by atoms with van der Waals surface area (Å²) in [6.45, 7) is 40.2. The van der Waals surface area contributed by atoms with Gasteiger partial charge in [-0.15, -0.1) is 0 Å². The van der Waals surface area contributed by atoms with Crippen LogP contribution in [0.4, 0.5) is 0 Å². The van der Waals surface area contributed by atoms with E-state index in [4.69, 9.17) is 0 Å². The fourth-order valence-electron chi connectivity index (χ4n) is 10.8. The van der Waals surface area contributed by atoms with Gasteiger partial charge in [0.05, 0.1) is 0 Å². The summed E-state index contributed by atoms with van der Waals surface area (Å²) < 4.78 is 0. The molecule has 0 nitrogen and oxygen atoms in total. The van der Waals surface area contributed by atoms with Crippen molar-refractivity contribution in [1.82, 2.24) is 0 Å². The number of rotatable bonds is 8. The summed E-state index contributed by atoms with van der Waals surface area (Å²) in [5.41, 5.74) is 41.0. The number of aryl methyl sites for hydroxylation is 11. The minimum absolute atomic E-state index is 1.19. The third-order valence-electron chi connectivity index (χ3n) is 16.3. The third-order valence-corrected chi connectivity index (χ3v) is 16.3. The number of benzene rings is 9. The van der Waals surface area contributed by atoms with Gasteiger partial charge in [-0.1, -0.05) is 111 Å². The van der Waals surface area contributed by atoms with Gasteiger partial charge in [-0.3, -0.25) is 0 Å². The maximum Gasteiger partial charge on any atom is -0.00262 e. The van der Waals surface area contributed by atoms with Gasteiger partial charge in [0.25, 0.3) is 0 Å². The molecule has 0 spiro atoms. The molecule has 0 saturated carbocycles. The average Bonchev–Trinajstić information content (AvgIpc) is 3.36. The third kappa shape index (κ3) is 9.82. The van der Waals surface area contributed by atoms with Crippen LogP contribution in [0.25, 0.3) is 89.0 Å². The van der Waals surface area contributed by atoms with Gasteiger partial charge >= 0.3 is 0 Å². The molecule has 0 aliphatic heterocycles. The minimum atomic E-state index is 1.19. The van der Waals surface area contributed by atoms with Crippen LogP contribution in [0.15, 0.2) is 133 Å². The smallest absolute Gasteiger partial charge is 0.00262 e. The molecule has 0 unspecified atom stereocenters. The Morgan fingerprint density at radius 1 is 0.181 bits per heavy atom. The molecular weight excluding hydrogens is 865 g/mol. The normalized spacial score (nSPS) is 11.2. The highest BCUT2D eigenvalue weighted by atomic mass is 14.3. The Morgan fingerprint density at radius 3 is 0.722 bits per heavy atom. The summed E-state index contributed by atoms with van der Waals surface area (Å²) >= 11 is 0. The monoisotopic (exact) mass is 941 g/mol. The van der Waals surface area contributed by atoms with Gasteiger partial charge in [-0.05, 0) is 325 Å². The zero-order valence-electron chi connectivity index (χ0n) is 46.7. The van der Waals surface area contributed by atoms with Crippen molar-refractivity contribution in [2.24, 2.45) is 0 Å².